The number of likely N-dealkylation sites (N-methyl/N-ethyl adjacent to an activating group) is 1. The van der Waals surface area contributed by atoms with Crippen LogP contribution in [0, 0.1) is 5.41 Å². The molecule has 30 heavy (non-hydrogen) atoms. The van der Waals surface area contributed by atoms with Gasteiger partial charge in [-0.2, -0.15) is 8.78 Å². The van der Waals surface area contributed by atoms with Crippen molar-refractivity contribution < 1.29 is 37.9 Å². The molecule has 2 unspecified atom stereocenters. The van der Waals surface area contributed by atoms with E-state index in [2.05, 4.69) is 5.32 Å². The average Bonchev–Trinajstić information content (AvgIpc) is 2.81. The fraction of sp³-hybridized carbons (Fsp3) is 0.476. The van der Waals surface area contributed by atoms with Crippen LogP contribution in [0.2, 0.25) is 0 Å². The average molecular weight is 425 g/mol. The van der Waals surface area contributed by atoms with Gasteiger partial charge >= 0.3 is 5.91 Å². The van der Waals surface area contributed by atoms with Gasteiger partial charge in [-0.25, -0.2) is 9.28 Å². The maximum Gasteiger partial charge on any atom is 0.386 e. The van der Waals surface area contributed by atoms with Crippen molar-refractivity contribution in [2.45, 2.75) is 38.8 Å². The molecule has 1 aromatic rings. The zero-order valence-corrected chi connectivity index (χ0v) is 17.2. The van der Waals surface area contributed by atoms with E-state index in [4.69, 9.17) is 0 Å². The summed E-state index contributed by atoms with van der Waals surface area (Å²) in [5.74, 6) is -5.76. The highest BCUT2D eigenvalue weighted by Crippen LogP contribution is 2.36. The van der Waals surface area contributed by atoms with Crippen molar-refractivity contribution >= 4 is 17.6 Å². The minimum Gasteiger partial charge on any atom is -0.396 e. The van der Waals surface area contributed by atoms with Crippen LogP contribution in [0.25, 0.3) is 0 Å². The summed E-state index contributed by atoms with van der Waals surface area (Å²) >= 11 is 0. The molecule has 1 aliphatic rings. The minimum absolute atomic E-state index is 0.109. The molecule has 1 aliphatic heterocycles. The molecule has 164 valence electrons. The quantitative estimate of drug-likeness (QED) is 0.450. The van der Waals surface area contributed by atoms with E-state index in [-0.39, 0.29) is 30.6 Å². The second-order valence-electron chi connectivity index (χ2n) is 8.34. The number of aliphatic hydroxyl groups is 2. The predicted molar refractivity (Wildman–Crippen MR) is 104 cm³/mol. The maximum absolute atomic E-state index is 14.4. The first-order valence-corrected chi connectivity index (χ1v) is 9.50. The number of alkyl halides is 2. The zero-order chi connectivity index (χ0) is 22.7. The summed E-state index contributed by atoms with van der Waals surface area (Å²) in [6.07, 6.45) is -0.202. The van der Waals surface area contributed by atoms with Crippen LogP contribution in [0.15, 0.2) is 36.5 Å². The number of rotatable bonds is 7. The van der Waals surface area contributed by atoms with Crippen LogP contribution in [-0.4, -0.2) is 58.6 Å². The Balaban J connectivity index is 2.06. The topological polar surface area (TPSA) is 104 Å². The predicted octanol–water partition coefficient (Wildman–Crippen LogP) is 1.23. The number of carbonyl (C=O) groups is 3. The van der Waals surface area contributed by atoms with Crippen LogP contribution >= 0.6 is 0 Å². The Kier molecular flexibility index (Phi) is 6.90. The van der Waals surface area contributed by atoms with E-state index in [1.165, 1.54) is 39.1 Å². The monoisotopic (exact) mass is 425 g/mol. The van der Waals surface area contributed by atoms with Crippen molar-refractivity contribution in [1.29, 1.82) is 0 Å². The SMILES string of the molecule is CC(C)(CO)C(O)C(=O)NCCC(=O)C(=O)[N+]1(C)C=CC(F)(F)c2ccccc2C1. The summed E-state index contributed by atoms with van der Waals surface area (Å²) < 4.78 is 28.1. The second kappa shape index (κ2) is 8.71. The van der Waals surface area contributed by atoms with Gasteiger partial charge in [0.25, 0.3) is 11.7 Å². The Hall–Kier alpha value is -2.49. The van der Waals surface area contributed by atoms with Crippen molar-refractivity contribution in [2.24, 2.45) is 5.41 Å². The first-order chi connectivity index (χ1) is 13.8. The lowest BCUT2D eigenvalue weighted by Gasteiger charge is -2.27. The number of halogens is 2. The third-order valence-corrected chi connectivity index (χ3v) is 5.24. The van der Waals surface area contributed by atoms with E-state index in [0.717, 1.165) is 6.20 Å². The Bertz CT molecular complexity index is 869. The van der Waals surface area contributed by atoms with Crippen molar-refractivity contribution in [3.8, 4) is 0 Å². The number of quaternary nitrogens is 1. The van der Waals surface area contributed by atoms with Crippen LogP contribution in [-0.2, 0) is 26.9 Å². The molecule has 3 N–H and O–H groups in total. The van der Waals surface area contributed by atoms with Crippen molar-refractivity contribution in [2.75, 3.05) is 20.2 Å². The molecule has 1 aromatic carbocycles. The lowest BCUT2D eigenvalue weighted by atomic mass is 9.87. The standard InChI is InChI=1S/C21H26F2N2O5/c1-20(2,13-26)17(28)18(29)24-10-8-16(27)19(30)25(3)11-9-21(22,23)15-7-5-4-6-14(15)12-25/h4-7,9,11,17,26,28H,8,10,12-13H2,1-3H3/p+1. The molecule has 0 fully saturated rings. The molecule has 2 amide bonds. The third-order valence-electron chi connectivity index (χ3n) is 5.24. The second-order valence-corrected chi connectivity index (χ2v) is 8.34. The van der Waals surface area contributed by atoms with Crippen LogP contribution < -0.4 is 5.32 Å². The molecule has 7 nitrogen and oxygen atoms in total. The van der Waals surface area contributed by atoms with Crippen LogP contribution in [0.1, 0.15) is 31.4 Å². The number of allylic oxidation sites excluding steroid dienone is 1. The first-order valence-electron chi connectivity index (χ1n) is 9.50. The van der Waals surface area contributed by atoms with Gasteiger partial charge in [0.05, 0.1) is 13.7 Å². The molecule has 0 saturated carbocycles. The highest BCUT2D eigenvalue weighted by atomic mass is 19.3. The maximum atomic E-state index is 14.4. The van der Waals surface area contributed by atoms with Gasteiger partial charge in [-0.15, -0.1) is 0 Å². The zero-order valence-electron chi connectivity index (χ0n) is 17.2. The number of carbonyl (C=O) groups excluding carboxylic acids is 3. The summed E-state index contributed by atoms with van der Waals surface area (Å²) in [6.45, 7) is 2.25. The number of benzene rings is 1. The highest BCUT2D eigenvalue weighted by Gasteiger charge is 2.43. The summed E-state index contributed by atoms with van der Waals surface area (Å²) in [4.78, 5) is 37.1. The molecule has 2 atom stereocenters. The van der Waals surface area contributed by atoms with Crippen molar-refractivity contribution in [3.05, 3.63) is 47.7 Å². The van der Waals surface area contributed by atoms with E-state index >= 15 is 0 Å². The van der Waals surface area contributed by atoms with E-state index in [0.29, 0.717) is 6.08 Å². The smallest absolute Gasteiger partial charge is 0.386 e. The Morgan fingerprint density at radius 2 is 1.90 bits per heavy atom. The van der Waals surface area contributed by atoms with Crippen LogP contribution in [0.5, 0.6) is 0 Å². The minimum atomic E-state index is -3.26. The number of hydrogen-bond acceptors (Lipinski definition) is 5. The van der Waals surface area contributed by atoms with E-state index in [1.54, 1.807) is 6.07 Å². The van der Waals surface area contributed by atoms with E-state index in [9.17, 15) is 33.4 Å². The molecule has 2 rings (SSSR count). The van der Waals surface area contributed by atoms with Gasteiger partial charge in [0.15, 0.2) is 0 Å². The number of nitrogens with zero attached hydrogens (tertiary/aromatic N) is 1. The first kappa shape index (κ1) is 23.8. The summed E-state index contributed by atoms with van der Waals surface area (Å²) in [6, 6.07) is 5.86. The lowest BCUT2D eigenvalue weighted by molar-refractivity contribution is -0.792. The van der Waals surface area contributed by atoms with Gasteiger partial charge in [-0.05, 0) is 0 Å². The number of aliphatic hydroxyl groups excluding tert-OH is 2. The molecular formula is C21H27F2N2O5+. The Morgan fingerprint density at radius 3 is 2.53 bits per heavy atom. The molecule has 0 radical (unpaired) electrons. The van der Waals surface area contributed by atoms with Gasteiger partial charge in [0.2, 0.25) is 5.91 Å². The fourth-order valence-electron chi connectivity index (χ4n) is 3.11. The van der Waals surface area contributed by atoms with Gasteiger partial charge in [-0.1, -0.05) is 38.1 Å². The molecule has 0 aliphatic carbocycles. The number of ketones is 1. The summed E-state index contributed by atoms with van der Waals surface area (Å²) in [5, 5.41) is 21.5. The Labute approximate surface area is 173 Å². The molecule has 0 saturated heterocycles. The van der Waals surface area contributed by atoms with Crippen molar-refractivity contribution in [1.82, 2.24) is 5.32 Å². The van der Waals surface area contributed by atoms with Gasteiger partial charge < -0.3 is 15.5 Å². The van der Waals surface area contributed by atoms with Gasteiger partial charge in [0, 0.05) is 35.6 Å². The number of fused-ring (bicyclic) bond motifs is 1. The molecule has 1 heterocycles. The molecular weight excluding hydrogens is 398 g/mol. The van der Waals surface area contributed by atoms with Crippen molar-refractivity contribution in [3.63, 3.8) is 0 Å². The number of amides is 2. The Morgan fingerprint density at radius 1 is 1.27 bits per heavy atom. The largest absolute Gasteiger partial charge is 0.396 e. The third kappa shape index (κ3) is 4.97. The fourth-order valence-corrected chi connectivity index (χ4v) is 3.11. The van der Waals surface area contributed by atoms with Gasteiger partial charge in [0.1, 0.15) is 18.8 Å². The highest BCUT2D eigenvalue weighted by molar-refractivity contribution is 6.33. The van der Waals surface area contributed by atoms with Crippen LogP contribution in [0.3, 0.4) is 0 Å². The van der Waals surface area contributed by atoms with E-state index in [1.807, 2.05) is 0 Å². The number of Topliss-reactive ketones (excluding diaryl/α,β-unsaturated/α-hetero) is 1. The molecule has 0 bridgehead atoms. The lowest BCUT2D eigenvalue weighted by Crippen LogP contribution is -2.49. The molecule has 0 spiro atoms. The normalized spacial score (nSPS) is 21.3. The summed E-state index contributed by atoms with van der Waals surface area (Å²) in [7, 11) is 1.38. The summed E-state index contributed by atoms with van der Waals surface area (Å²) in [5.41, 5.74) is -1.02. The van der Waals surface area contributed by atoms with E-state index < -0.39 is 46.1 Å². The van der Waals surface area contributed by atoms with Crippen LogP contribution in [0.4, 0.5) is 8.78 Å². The molecule has 0 aromatic heterocycles. The van der Waals surface area contributed by atoms with Gasteiger partial charge in [-0.3, -0.25) is 9.59 Å². The molecule has 9 heteroatoms. The number of nitrogens with one attached hydrogen (secondary N) is 1. The number of hydrogen-bond donors (Lipinski definition) is 3.